The van der Waals surface area contributed by atoms with Crippen molar-refractivity contribution in [3.05, 3.63) is 40.9 Å². The van der Waals surface area contributed by atoms with E-state index in [-0.39, 0.29) is 24.8 Å². The number of anilines is 2. The molecule has 2 aromatic carbocycles. The van der Waals surface area contributed by atoms with Crippen LogP contribution in [0.3, 0.4) is 0 Å². The van der Waals surface area contributed by atoms with Crippen LogP contribution in [-0.2, 0) is 9.59 Å². The highest BCUT2D eigenvalue weighted by molar-refractivity contribution is 6.31. The Hall–Kier alpha value is -2.93. The number of carbonyl (C=O) groups excluding carboxylic acids is 2. The molecule has 0 aromatic heterocycles. The summed E-state index contributed by atoms with van der Waals surface area (Å²) in [5.74, 6) is 0.442. The molecule has 7 nitrogen and oxygen atoms in total. The van der Waals surface area contributed by atoms with Crippen LogP contribution in [0.2, 0.25) is 5.02 Å². The van der Waals surface area contributed by atoms with Gasteiger partial charge in [-0.2, -0.15) is 0 Å². The molecule has 1 aliphatic rings. The highest BCUT2D eigenvalue weighted by atomic mass is 35.5. The number of nitrogens with zero attached hydrogens (tertiary/aromatic N) is 1. The molecule has 2 amide bonds. The van der Waals surface area contributed by atoms with Crippen molar-refractivity contribution in [2.75, 3.05) is 38.1 Å². The van der Waals surface area contributed by atoms with Crippen LogP contribution in [0.25, 0.3) is 0 Å². The number of benzene rings is 2. The summed E-state index contributed by atoms with van der Waals surface area (Å²) >= 11 is 6.18. The Morgan fingerprint density at radius 2 is 1.76 bits per heavy atom. The van der Waals surface area contributed by atoms with Gasteiger partial charge in [-0.05, 0) is 24.6 Å². The van der Waals surface area contributed by atoms with Gasteiger partial charge in [-0.1, -0.05) is 17.7 Å². The molecule has 0 aliphatic carbocycles. The zero-order valence-corrected chi connectivity index (χ0v) is 17.5. The van der Waals surface area contributed by atoms with Crippen molar-refractivity contribution in [2.45, 2.75) is 13.3 Å². The molecular weight excluding hydrogens is 396 g/mol. The molecule has 154 valence electrons. The van der Waals surface area contributed by atoms with Gasteiger partial charge in [-0.25, -0.2) is 0 Å². The van der Waals surface area contributed by atoms with E-state index in [0.29, 0.717) is 33.6 Å². The number of hydrogen-bond acceptors (Lipinski definition) is 5. The summed E-state index contributed by atoms with van der Waals surface area (Å²) in [6.45, 7) is 2.18. The van der Waals surface area contributed by atoms with Gasteiger partial charge in [0, 0.05) is 41.5 Å². The highest BCUT2D eigenvalue weighted by Crippen LogP contribution is 2.40. The number of hydrogen-bond donors (Lipinski definition) is 1. The second kappa shape index (κ2) is 8.61. The molecule has 1 heterocycles. The molecule has 1 saturated heterocycles. The normalized spacial score (nSPS) is 16.0. The fraction of sp³-hybridized carbons (Fsp3) is 0.333. The predicted octanol–water partition coefficient (Wildman–Crippen LogP) is 3.67. The quantitative estimate of drug-likeness (QED) is 0.774. The molecule has 1 fully saturated rings. The van der Waals surface area contributed by atoms with Crippen LogP contribution in [0.1, 0.15) is 12.0 Å². The topological polar surface area (TPSA) is 77.1 Å². The second-order valence-corrected chi connectivity index (χ2v) is 7.15. The van der Waals surface area contributed by atoms with Gasteiger partial charge in [0.1, 0.15) is 0 Å². The number of amides is 2. The maximum atomic E-state index is 12.8. The maximum absolute atomic E-state index is 12.8. The Morgan fingerprint density at radius 3 is 2.31 bits per heavy atom. The lowest BCUT2D eigenvalue weighted by molar-refractivity contribution is -0.122. The molecule has 0 unspecified atom stereocenters. The number of ether oxygens (including phenoxy) is 3. The van der Waals surface area contributed by atoms with Gasteiger partial charge in [-0.3, -0.25) is 9.59 Å². The standard InChI is InChI=1S/C21H23ClN2O5/c1-12-5-6-15(10-16(12)22)24-11-13(7-19(24)25)21(26)23-14-8-17(27-2)20(29-4)18(9-14)28-3/h5-6,8-10,13H,7,11H2,1-4H3,(H,23,26)/t13-/m1/s1. The van der Waals surface area contributed by atoms with Crippen molar-refractivity contribution >= 4 is 34.8 Å². The number of halogens is 1. The summed E-state index contributed by atoms with van der Waals surface area (Å²) in [6, 6.07) is 8.72. The summed E-state index contributed by atoms with van der Waals surface area (Å²) in [7, 11) is 4.51. The second-order valence-electron chi connectivity index (χ2n) is 6.74. The molecule has 3 rings (SSSR count). The van der Waals surface area contributed by atoms with Gasteiger partial charge in [0.15, 0.2) is 11.5 Å². The molecular formula is C21H23ClN2O5. The van der Waals surface area contributed by atoms with Gasteiger partial charge in [-0.15, -0.1) is 0 Å². The van der Waals surface area contributed by atoms with E-state index in [4.69, 9.17) is 25.8 Å². The monoisotopic (exact) mass is 418 g/mol. The van der Waals surface area contributed by atoms with E-state index in [1.807, 2.05) is 19.1 Å². The lowest BCUT2D eigenvalue weighted by Crippen LogP contribution is -2.28. The van der Waals surface area contributed by atoms with Crippen LogP contribution in [0.5, 0.6) is 17.2 Å². The van der Waals surface area contributed by atoms with E-state index in [9.17, 15) is 9.59 Å². The molecule has 2 aromatic rings. The zero-order chi connectivity index (χ0) is 21.1. The molecule has 29 heavy (non-hydrogen) atoms. The van der Waals surface area contributed by atoms with Crippen molar-refractivity contribution < 1.29 is 23.8 Å². The minimum absolute atomic E-state index is 0.116. The Labute approximate surface area is 174 Å². The summed E-state index contributed by atoms with van der Waals surface area (Å²) < 4.78 is 15.9. The van der Waals surface area contributed by atoms with Gasteiger partial charge >= 0.3 is 0 Å². The first-order valence-electron chi connectivity index (χ1n) is 9.05. The fourth-order valence-corrected chi connectivity index (χ4v) is 3.45. The van der Waals surface area contributed by atoms with Gasteiger partial charge in [0.25, 0.3) is 0 Å². The van der Waals surface area contributed by atoms with Gasteiger partial charge in [0.05, 0.1) is 27.2 Å². The molecule has 1 N–H and O–H groups in total. The largest absolute Gasteiger partial charge is 0.493 e. The molecule has 0 bridgehead atoms. The minimum atomic E-state index is -0.485. The van der Waals surface area contributed by atoms with Gasteiger partial charge in [0.2, 0.25) is 17.6 Å². The minimum Gasteiger partial charge on any atom is -0.493 e. The molecule has 8 heteroatoms. The first-order valence-corrected chi connectivity index (χ1v) is 9.43. The average Bonchev–Trinajstić information content (AvgIpc) is 3.11. The maximum Gasteiger partial charge on any atom is 0.229 e. The summed E-state index contributed by atoms with van der Waals surface area (Å²) in [5.41, 5.74) is 2.11. The third kappa shape index (κ3) is 4.24. The van der Waals surface area contributed by atoms with E-state index in [0.717, 1.165) is 5.56 Å². The van der Waals surface area contributed by atoms with E-state index in [1.54, 1.807) is 23.1 Å². The lowest BCUT2D eigenvalue weighted by atomic mass is 10.1. The first-order chi connectivity index (χ1) is 13.9. The van der Waals surface area contributed by atoms with Crippen LogP contribution in [0, 0.1) is 12.8 Å². The average molecular weight is 419 g/mol. The summed E-state index contributed by atoms with van der Waals surface area (Å²) in [6.07, 6.45) is 0.127. The van der Waals surface area contributed by atoms with E-state index < -0.39 is 5.92 Å². The van der Waals surface area contributed by atoms with Crippen LogP contribution in [0.4, 0.5) is 11.4 Å². The number of methoxy groups -OCH3 is 3. The third-order valence-corrected chi connectivity index (χ3v) is 5.30. The fourth-order valence-electron chi connectivity index (χ4n) is 3.28. The van der Waals surface area contributed by atoms with Crippen molar-refractivity contribution in [3.8, 4) is 17.2 Å². The van der Waals surface area contributed by atoms with Crippen LogP contribution >= 0.6 is 11.6 Å². The van der Waals surface area contributed by atoms with E-state index in [2.05, 4.69) is 5.32 Å². The molecule has 1 aliphatic heterocycles. The van der Waals surface area contributed by atoms with Gasteiger partial charge < -0.3 is 24.4 Å². The van der Waals surface area contributed by atoms with Crippen molar-refractivity contribution in [1.82, 2.24) is 0 Å². The number of carbonyl (C=O) groups is 2. The summed E-state index contributed by atoms with van der Waals surface area (Å²) in [5, 5.41) is 3.42. The van der Waals surface area contributed by atoms with Crippen LogP contribution < -0.4 is 24.4 Å². The molecule has 0 radical (unpaired) electrons. The smallest absolute Gasteiger partial charge is 0.229 e. The first kappa shape index (κ1) is 20.8. The number of rotatable bonds is 6. The SMILES string of the molecule is COc1cc(NC(=O)[C@@H]2CC(=O)N(c3ccc(C)c(Cl)c3)C2)cc(OC)c1OC. The summed E-state index contributed by atoms with van der Waals surface area (Å²) in [4.78, 5) is 26.8. The van der Waals surface area contributed by atoms with Crippen LogP contribution in [-0.4, -0.2) is 39.7 Å². The third-order valence-electron chi connectivity index (χ3n) is 4.90. The number of aryl methyl sites for hydroxylation is 1. The highest BCUT2D eigenvalue weighted by Gasteiger charge is 2.35. The predicted molar refractivity (Wildman–Crippen MR) is 111 cm³/mol. The van der Waals surface area contributed by atoms with E-state index in [1.165, 1.54) is 21.3 Å². The Bertz CT molecular complexity index is 922. The number of nitrogens with one attached hydrogen (secondary N) is 1. The zero-order valence-electron chi connectivity index (χ0n) is 16.7. The Kier molecular flexibility index (Phi) is 6.17. The molecule has 0 saturated carbocycles. The Morgan fingerprint density at radius 1 is 1.10 bits per heavy atom. The molecule has 0 spiro atoms. The van der Waals surface area contributed by atoms with Crippen molar-refractivity contribution in [1.29, 1.82) is 0 Å². The van der Waals surface area contributed by atoms with Crippen LogP contribution in [0.15, 0.2) is 30.3 Å². The van der Waals surface area contributed by atoms with Crippen molar-refractivity contribution in [3.63, 3.8) is 0 Å². The Balaban J connectivity index is 1.76. The van der Waals surface area contributed by atoms with E-state index >= 15 is 0 Å². The molecule has 1 atom stereocenters. The lowest BCUT2D eigenvalue weighted by Gasteiger charge is -2.18. The van der Waals surface area contributed by atoms with Crippen molar-refractivity contribution in [2.24, 2.45) is 5.92 Å².